The smallest absolute Gasteiger partial charge is 0.0676 e. The molecule has 0 saturated carbocycles. The molecule has 0 aromatic heterocycles. The zero-order valence-corrected chi connectivity index (χ0v) is 21.1. The second-order valence-electron chi connectivity index (χ2n) is 10.3. The van der Waals surface area contributed by atoms with E-state index in [1.807, 2.05) is 0 Å². The Hall–Kier alpha value is -0.240. The number of methoxy groups -OCH3 is 1. The number of rotatable bonds is 11. The zero-order valence-electron chi connectivity index (χ0n) is 21.1. The van der Waals surface area contributed by atoms with Crippen LogP contribution in [0, 0.1) is 11.8 Å². The molecule has 6 nitrogen and oxygen atoms in total. The van der Waals surface area contributed by atoms with Crippen molar-refractivity contribution in [2.75, 3.05) is 67.3 Å². The van der Waals surface area contributed by atoms with E-state index in [4.69, 9.17) is 14.2 Å². The summed E-state index contributed by atoms with van der Waals surface area (Å²) >= 11 is 0. The molecule has 3 atom stereocenters. The third-order valence-corrected chi connectivity index (χ3v) is 6.97. The molecule has 6 heteroatoms. The molecule has 0 spiro atoms. The summed E-state index contributed by atoms with van der Waals surface area (Å²) in [6.45, 7) is 16.3. The molecule has 0 aromatic rings. The predicted molar refractivity (Wildman–Crippen MR) is 124 cm³/mol. The van der Waals surface area contributed by atoms with Crippen molar-refractivity contribution in [1.29, 1.82) is 0 Å². The molecule has 3 unspecified atom stereocenters. The van der Waals surface area contributed by atoms with Gasteiger partial charge >= 0.3 is 0 Å². The Bertz CT molecular complexity index is 462. The Morgan fingerprint density at radius 3 is 1.83 bits per heavy atom. The summed E-state index contributed by atoms with van der Waals surface area (Å²) < 4.78 is 17.0. The molecule has 30 heavy (non-hydrogen) atoms. The predicted octanol–water partition coefficient (Wildman–Crippen LogP) is 3.27. The lowest BCUT2D eigenvalue weighted by molar-refractivity contribution is -0.0485. The summed E-state index contributed by atoms with van der Waals surface area (Å²) in [6, 6.07) is 0. The van der Waals surface area contributed by atoms with Crippen LogP contribution in [0.1, 0.15) is 60.3 Å². The molecular formula is C24H50N2O4. The van der Waals surface area contributed by atoms with Crippen LogP contribution in [-0.4, -0.2) is 99.4 Å². The van der Waals surface area contributed by atoms with Gasteiger partial charge < -0.3 is 19.3 Å². The molecule has 0 amide bonds. The third-order valence-electron chi connectivity index (χ3n) is 6.97. The Labute approximate surface area is 186 Å². The van der Waals surface area contributed by atoms with Crippen LogP contribution in [0.2, 0.25) is 0 Å². The van der Waals surface area contributed by atoms with Crippen molar-refractivity contribution >= 4 is 0 Å². The lowest BCUT2D eigenvalue weighted by Crippen LogP contribution is -2.49. The maximum absolute atomic E-state index is 9.52. The van der Waals surface area contributed by atoms with E-state index in [9.17, 15) is 5.11 Å². The summed E-state index contributed by atoms with van der Waals surface area (Å²) in [5.41, 5.74) is 0.00674. The van der Waals surface area contributed by atoms with Gasteiger partial charge in [-0.1, -0.05) is 27.7 Å². The summed E-state index contributed by atoms with van der Waals surface area (Å²) in [7, 11) is 6.02. The standard InChI is InChI=1S/2C12H25NO2/c1-11(2)8-15-10-12(9-14-4)6-5-7-13(12)3;1-10(2)11(3)15-9-12(8-14)6-5-7-13(12)4/h11H,5-10H2,1-4H3;10-11,14H,5-9H2,1-4H3. The van der Waals surface area contributed by atoms with Gasteiger partial charge in [0.25, 0.3) is 0 Å². The van der Waals surface area contributed by atoms with Crippen molar-refractivity contribution in [3.63, 3.8) is 0 Å². The van der Waals surface area contributed by atoms with Crippen LogP contribution >= 0.6 is 0 Å². The molecule has 0 aliphatic carbocycles. The van der Waals surface area contributed by atoms with Gasteiger partial charge in [-0.25, -0.2) is 0 Å². The number of aliphatic hydroxyl groups is 1. The average Bonchev–Trinajstić information content (AvgIpc) is 3.23. The monoisotopic (exact) mass is 430 g/mol. The first-order valence-electron chi connectivity index (χ1n) is 11.8. The maximum atomic E-state index is 9.52. The number of hydrogen-bond donors (Lipinski definition) is 1. The second kappa shape index (κ2) is 13.3. The number of hydrogen-bond acceptors (Lipinski definition) is 6. The van der Waals surface area contributed by atoms with E-state index in [2.05, 4.69) is 58.5 Å². The van der Waals surface area contributed by atoms with Gasteiger partial charge in [0.1, 0.15) is 0 Å². The largest absolute Gasteiger partial charge is 0.394 e. The van der Waals surface area contributed by atoms with E-state index in [0.29, 0.717) is 18.4 Å². The van der Waals surface area contributed by atoms with E-state index < -0.39 is 0 Å². The highest BCUT2D eigenvalue weighted by atomic mass is 16.5. The number of ether oxygens (including phenoxy) is 3. The lowest BCUT2D eigenvalue weighted by Gasteiger charge is -2.35. The molecular weight excluding hydrogens is 380 g/mol. The number of aliphatic hydroxyl groups excluding tert-OH is 1. The quantitative estimate of drug-likeness (QED) is 0.543. The topological polar surface area (TPSA) is 54.4 Å². The molecule has 2 rings (SSSR count). The minimum Gasteiger partial charge on any atom is -0.394 e. The van der Waals surface area contributed by atoms with E-state index in [1.165, 1.54) is 12.8 Å². The molecule has 2 aliphatic heterocycles. The minimum absolute atomic E-state index is 0.122. The van der Waals surface area contributed by atoms with Crippen molar-refractivity contribution < 1.29 is 19.3 Å². The Morgan fingerprint density at radius 1 is 0.867 bits per heavy atom. The first-order valence-corrected chi connectivity index (χ1v) is 11.8. The van der Waals surface area contributed by atoms with Crippen LogP contribution in [0.3, 0.4) is 0 Å². The van der Waals surface area contributed by atoms with Crippen LogP contribution in [0.25, 0.3) is 0 Å². The van der Waals surface area contributed by atoms with Crippen molar-refractivity contribution in [3.05, 3.63) is 0 Å². The highest BCUT2D eigenvalue weighted by molar-refractivity contribution is 4.95. The molecule has 180 valence electrons. The number of nitrogens with zero attached hydrogens (tertiary/aromatic N) is 2. The van der Waals surface area contributed by atoms with Crippen molar-refractivity contribution in [3.8, 4) is 0 Å². The van der Waals surface area contributed by atoms with Gasteiger partial charge in [0.15, 0.2) is 0 Å². The maximum Gasteiger partial charge on any atom is 0.0676 e. The van der Waals surface area contributed by atoms with E-state index in [-0.39, 0.29) is 23.8 Å². The van der Waals surface area contributed by atoms with Crippen LogP contribution in [0.4, 0.5) is 0 Å². The van der Waals surface area contributed by atoms with Gasteiger partial charge in [-0.05, 0) is 71.6 Å². The summed E-state index contributed by atoms with van der Waals surface area (Å²) in [5.74, 6) is 1.14. The third kappa shape index (κ3) is 8.03. The molecule has 0 aromatic carbocycles. The van der Waals surface area contributed by atoms with Gasteiger partial charge in [-0.3, -0.25) is 9.80 Å². The first kappa shape index (κ1) is 27.8. The molecule has 1 N–H and O–H groups in total. The number of likely N-dealkylation sites (N-methyl/N-ethyl adjacent to an activating group) is 2. The molecule has 2 saturated heterocycles. The molecule has 2 aliphatic rings. The highest BCUT2D eigenvalue weighted by Crippen LogP contribution is 2.29. The Balaban J connectivity index is 0.000000300. The molecule has 0 radical (unpaired) electrons. The zero-order chi connectivity index (χ0) is 22.8. The van der Waals surface area contributed by atoms with Crippen LogP contribution in [0.5, 0.6) is 0 Å². The molecule has 0 bridgehead atoms. The van der Waals surface area contributed by atoms with Gasteiger partial charge in [-0.15, -0.1) is 0 Å². The molecule has 2 fully saturated rings. The van der Waals surface area contributed by atoms with Gasteiger partial charge in [0.2, 0.25) is 0 Å². The fraction of sp³-hybridized carbons (Fsp3) is 1.00. The van der Waals surface area contributed by atoms with Crippen molar-refractivity contribution in [1.82, 2.24) is 9.80 Å². The minimum atomic E-state index is -0.122. The fourth-order valence-electron chi connectivity index (χ4n) is 4.21. The van der Waals surface area contributed by atoms with Crippen LogP contribution < -0.4 is 0 Å². The summed E-state index contributed by atoms with van der Waals surface area (Å²) in [4.78, 5) is 4.62. The van der Waals surface area contributed by atoms with Crippen LogP contribution in [0.15, 0.2) is 0 Å². The van der Waals surface area contributed by atoms with Crippen LogP contribution in [-0.2, 0) is 14.2 Å². The second-order valence-corrected chi connectivity index (χ2v) is 10.3. The summed E-state index contributed by atoms with van der Waals surface area (Å²) in [6.07, 6.45) is 4.92. The lowest BCUT2D eigenvalue weighted by atomic mass is 9.98. The summed E-state index contributed by atoms with van der Waals surface area (Å²) in [5, 5.41) is 9.52. The van der Waals surface area contributed by atoms with Gasteiger partial charge in [0, 0.05) is 13.7 Å². The van der Waals surface area contributed by atoms with E-state index >= 15 is 0 Å². The fourth-order valence-corrected chi connectivity index (χ4v) is 4.21. The SMILES string of the molecule is CC(C)C(C)OCC1(CO)CCCN1C.COCC1(COCC(C)C)CCCN1C. The Morgan fingerprint density at radius 2 is 1.43 bits per heavy atom. The Kier molecular flexibility index (Phi) is 12.4. The van der Waals surface area contributed by atoms with Crippen molar-refractivity contribution in [2.24, 2.45) is 11.8 Å². The van der Waals surface area contributed by atoms with Gasteiger partial charge in [-0.2, -0.15) is 0 Å². The first-order chi connectivity index (χ1) is 14.1. The number of likely N-dealkylation sites (tertiary alicyclic amines) is 2. The van der Waals surface area contributed by atoms with Crippen molar-refractivity contribution in [2.45, 2.75) is 77.5 Å². The van der Waals surface area contributed by atoms with E-state index in [0.717, 1.165) is 45.8 Å². The molecule has 2 heterocycles. The van der Waals surface area contributed by atoms with E-state index in [1.54, 1.807) is 7.11 Å². The highest BCUT2D eigenvalue weighted by Gasteiger charge is 2.39. The average molecular weight is 431 g/mol. The normalized spacial score (nSPS) is 28.9. The van der Waals surface area contributed by atoms with Gasteiger partial charge in [0.05, 0.1) is 43.6 Å².